The minimum atomic E-state index is -0.145. The van der Waals surface area contributed by atoms with Gasteiger partial charge in [-0.2, -0.15) is 0 Å². The Morgan fingerprint density at radius 3 is 2.48 bits per heavy atom. The number of carbonyl (C=O) groups excluding carboxylic acids is 1. The number of rotatable bonds is 8. The SMILES string of the molecule is CC1CC(C)CN(CCCCNC(=O)NCc2ccccc2CO)C1. The van der Waals surface area contributed by atoms with Crippen LogP contribution in [0.1, 0.15) is 44.2 Å². The summed E-state index contributed by atoms with van der Waals surface area (Å²) in [5.74, 6) is 1.60. The van der Waals surface area contributed by atoms with Gasteiger partial charge in [0.05, 0.1) is 6.61 Å². The molecule has 1 aromatic rings. The van der Waals surface area contributed by atoms with E-state index >= 15 is 0 Å². The first-order valence-electron chi connectivity index (χ1n) is 9.50. The number of carbonyl (C=O) groups is 1. The van der Waals surface area contributed by atoms with Crippen LogP contribution in [0, 0.1) is 11.8 Å². The molecule has 2 amide bonds. The minimum absolute atomic E-state index is 0.00674. The van der Waals surface area contributed by atoms with Gasteiger partial charge in [0.1, 0.15) is 0 Å². The van der Waals surface area contributed by atoms with Crippen molar-refractivity contribution in [1.82, 2.24) is 15.5 Å². The van der Waals surface area contributed by atoms with Crippen LogP contribution in [0.25, 0.3) is 0 Å². The number of aliphatic hydroxyl groups is 1. The number of unbranched alkanes of at least 4 members (excludes halogenated alkanes) is 1. The van der Waals surface area contributed by atoms with E-state index in [2.05, 4.69) is 29.4 Å². The summed E-state index contributed by atoms with van der Waals surface area (Å²) in [4.78, 5) is 14.4. The Kier molecular flexibility index (Phi) is 8.22. The first-order valence-corrected chi connectivity index (χ1v) is 9.50. The largest absolute Gasteiger partial charge is 0.392 e. The lowest BCUT2D eigenvalue weighted by atomic mass is 9.92. The molecule has 2 rings (SSSR count). The average molecular weight is 348 g/mol. The second-order valence-electron chi connectivity index (χ2n) is 7.45. The molecule has 0 radical (unpaired) electrons. The van der Waals surface area contributed by atoms with Crippen molar-refractivity contribution in [3.63, 3.8) is 0 Å². The van der Waals surface area contributed by atoms with Crippen LogP contribution in [0.5, 0.6) is 0 Å². The molecule has 2 atom stereocenters. The molecule has 1 heterocycles. The monoisotopic (exact) mass is 347 g/mol. The third-order valence-corrected chi connectivity index (χ3v) is 4.86. The van der Waals surface area contributed by atoms with E-state index in [1.807, 2.05) is 24.3 Å². The van der Waals surface area contributed by atoms with E-state index in [1.165, 1.54) is 19.5 Å². The van der Waals surface area contributed by atoms with Crippen LogP contribution >= 0.6 is 0 Å². The summed E-state index contributed by atoms with van der Waals surface area (Å²) in [5, 5.41) is 15.1. The molecule has 5 nitrogen and oxygen atoms in total. The van der Waals surface area contributed by atoms with Crippen molar-refractivity contribution in [2.75, 3.05) is 26.2 Å². The van der Waals surface area contributed by atoms with E-state index in [-0.39, 0.29) is 12.6 Å². The average Bonchev–Trinajstić information content (AvgIpc) is 2.59. The number of nitrogens with zero attached hydrogens (tertiary/aromatic N) is 1. The molecule has 0 aliphatic carbocycles. The maximum Gasteiger partial charge on any atom is 0.315 e. The summed E-state index contributed by atoms with van der Waals surface area (Å²) in [6, 6.07) is 7.45. The third-order valence-electron chi connectivity index (χ3n) is 4.86. The summed E-state index contributed by atoms with van der Waals surface area (Å²) in [6.45, 7) is 9.35. The maximum atomic E-state index is 11.9. The molecule has 1 aliphatic heterocycles. The van der Waals surface area contributed by atoms with Gasteiger partial charge in [0.15, 0.2) is 0 Å². The van der Waals surface area contributed by atoms with Gasteiger partial charge in [-0.05, 0) is 48.8 Å². The van der Waals surface area contributed by atoms with Crippen molar-refractivity contribution < 1.29 is 9.90 Å². The molecule has 140 valence electrons. The lowest BCUT2D eigenvalue weighted by Crippen LogP contribution is -2.39. The van der Waals surface area contributed by atoms with Crippen LogP contribution in [0.2, 0.25) is 0 Å². The molecule has 1 fully saturated rings. The van der Waals surface area contributed by atoms with Gasteiger partial charge in [0.2, 0.25) is 0 Å². The van der Waals surface area contributed by atoms with Gasteiger partial charge in [0.25, 0.3) is 0 Å². The van der Waals surface area contributed by atoms with Crippen molar-refractivity contribution in [3.05, 3.63) is 35.4 Å². The third kappa shape index (κ3) is 7.04. The van der Waals surface area contributed by atoms with Crippen LogP contribution in [-0.4, -0.2) is 42.2 Å². The van der Waals surface area contributed by atoms with Gasteiger partial charge in [0, 0.05) is 26.2 Å². The lowest BCUT2D eigenvalue weighted by Gasteiger charge is -2.34. The topological polar surface area (TPSA) is 64.6 Å². The first kappa shape index (κ1) is 19.7. The number of hydrogen-bond acceptors (Lipinski definition) is 3. The zero-order chi connectivity index (χ0) is 18.1. The van der Waals surface area contributed by atoms with Gasteiger partial charge in [-0.3, -0.25) is 0 Å². The van der Waals surface area contributed by atoms with E-state index in [4.69, 9.17) is 0 Å². The lowest BCUT2D eigenvalue weighted by molar-refractivity contribution is 0.139. The molecule has 25 heavy (non-hydrogen) atoms. The molecule has 1 aliphatic rings. The molecule has 5 heteroatoms. The highest BCUT2D eigenvalue weighted by molar-refractivity contribution is 5.73. The fourth-order valence-corrected chi connectivity index (χ4v) is 3.76. The zero-order valence-corrected chi connectivity index (χ0v) is 15.6. The van der Waals surface area contributed by atoms with Crippen molar-refractivity contribution in [2.24, 2.45) is 11.8 Å². The summed E-state index contributed by atoms with van der Waals surface area (Å²) in [6.07, 6.45) is 3.46. The summed E-state index contributed by atoms with van der Waals surface area (Å²) < 4.78 is 0. The standard InChI is InChI=1S/C20H33N3O2/c1-16-11-17(2)14-23(13-16)10-6-5-9-21-20(25)22-12-18-7-3-4-8-19(18)15-24/h3-4,7-8,16-17,24H,5-6,9-15H2,1-2H3,(H2,21,22,25). The molecule has 0 bridgehead atoms. The molecule has 3 N–H and O–H groups in total. The minimum Gasteiger partial charge on any atom is -0.392 e. The number of urea groups is 1. The molecule has 0 spiro atoms. The molecule has 1 saturated heterocycles. The van der Waals surface area contributed by atoms with Gasteiger partial charge in [-0.1, -0.05) is 38.1 Å². The van der Waals surface area contributed by atoms with E-state index in [0.717, 1.165) is 42.3 Å². The molecule has 0 saturated carbocycles. The number of nitrogens with one attached hydrogen (secondary N) is 2. The quantitative estimate of drug-likeness (QED) is 0.634. The fraction of sp³-hybridized carbons (Fsp3) is 0.650. The highest BCUT2D eigenvalue weighted by atomic mass is 16.3. The van der Waals surface area contributed by atoms with Crippen molar-refractivity contribution in [3.8, 4) is 0 Å². The summed E-state index contributed by atoms with van der Waals surface area (Å²) >= 11 is 0. The number of likely N-dealkylation sites (tertiary alicyclic amines) is 1. The molecule has 1 aromatic carbocycles. The highest BCUT2D eigenvalue weighted by Gasteiger charge is 2.20. The molecular formula is C20H33N3O2. The number of hydrogen-bond donors (Lipinski definition) is 3. The number of piperidine rings is 1. The first-order chi connectivity index (χ1) is 12.1. The Hall–Kier alpha value is -1.59. The van der Waals surface area contributed by atoms with Crippen molar-refractivity contribution >= 4 is 6.03 Å². The van der Waals surface area contributed by atoms with Gasteiger partial charge < -0.3 is 20.6 Å². The smallest absolute Gasteiger partial charge is 0.315 e. The normalized spacial score (nSPS) is 21.1. The predicted molar refractivity (Wildman–Crippen MR) is 101 cm³/mol. The Bertz CT molecular complexity index is 525. The second kappa shape index (κ2) is 10.4. The number of benzene rings is 1. The Labute approximate surface area is 151 Å². The van der Waals surface area contributed by atoms with E-state index in [1.54, 1.807) is 0 Å². The fourth-order valence-electron chi connectivity index (χ4n) is 3.76. The Morgan fingerprint density at radius 1 is 1.12 bits per heavy atom. The second-order valence-corrected chi connectivity index (χ2v) is 7.45. The van der Waals surface area contributed by atoms with E-state index in [0.29, 0.717) is 13.1 Å². The van der Waals surface area contributed by atoms with Crippen LogP contribution in [-0.2, 0) is 13.2 Å². The predicted octanol–water partition coefficient (Wildman–Crippen LogP) is 2.74. The van der Waals surface area contributed by atoms with Crippen molar-refractivity contribution in [1.29, 1.82) is 0 Å². The Morgan fingerprint density at radius 2 is 1.80 bits per heavy atom. The van der Waals surface area contributed by atoms with Gasteiger partial charge in [-0.25, -0.2) is 4.79 Å². The molecule has 2 unspecified atom stereocenters. The maximum absolute atomic E-state index is 11.9. The van der Waals surface area contributed by atoms with Crippen LogP contribution in [0.3, 0.4) is 0 Å². The van der Waals surface area contributed by atoms with Gasteiger partial charge >= 0.3 is 6.03 Å². The van der Waals surface area contributed by atoms with Crippen LogP contribution in [0.15, 0.2) is 24.3 Å². The van der Waals surface area contributed by atoms with E-state index < -0.39 is 0 Å². The Balaban J connectivity index is 1.56. The highest BCUT2D eigenvalue weighted by Crippen LogP contribution is 2.20. The molecule has 0 aromatic heterocycles. The van der Waals surface area contributed by atoms with E-state index in [9.17, 15) is 9.90 Å². The van der Waals surface area contributed by atoms with Crippen LogP contribution in [0.4, 0.5) is 4.79 Å². The zero-order valence-electron chi connectivity index (χ0n) is 15.6. The number of amides is 2. The summed E-state index contributed by atoms with van der Waals surface area (Å²) in [7, 11) is 0. The number of aliphatic hydroxyl groups excluding tert-OH is 1. The van der Waals surface area contributed by atoms with Crippen molar-refractivity contribution in [2.45, 2.75) is 46.3 Å². The van der Waals surface area contributed by atoms with Crippen LogP contribution < -0.4 is 10.6 Å². The molecular weight excluding hydrogens is 314 g/mol. The summed E-state index contributed by atoms with van der Waals surface area (Å²) in [5.41, 5.74) is 1.81. The van der Waals surface area contributed by atoms with Gasteiger partial charge in [-0.15, -0.1) is 0 Å².